The maximum atomic E-state index is 12.6. The van der Waals surface area contributed by atoms with Crippen LogP contribution in [0.15, 0.2) is 158 Å². The van der Waals surface area contributed by atoms with E-state index in [0.717, 1.165) is 37.1 Å². The lowest BCUT2D eigenvalue weighted by atomic mass is 10.0. The second kappa shape index (κ2) is 11.4. The van der Waals surface area contributed by atoms with E-state index in [1.807, 2.05) is 127 Å². The molecular formula is C35H32O4Si3. The maximum absolute atomic E-state index is 12.6. The van der Waals surface area contributed by atoms with Crippen molar-refractivity contribution < 1.29 is 17.8 Å². The van der Waals surface area contributed by atoms with Crippen LogP contribution < -0.4 is 20.7 Å². The fourth-order valence-electron chi connectivity index (χ4n) is 5.63. The van der Waals surface area contributed by atoms with E-state index in [2.05, 4.69) is 24.8 Å². The van der Waals surface area contributed by atoms with Gasteiger partial charge in [0.25, 0.3) is 0 Å². The van der Waals surface area contributed by atoms with Crippen molar-refractivity contribution in [2.75, 3.05) is 0 Å². The highest BCUT2D eigenvalue weighted by Crippen LogP contribution is 2.28. The molecule has 0 saturated carbocycles. The van der Waals surface area contributed by atoms with E-state index in [1.165, 1.54) is 5.70 Å². The molecule has 208 valence electrons. The smallest absolute Gasteiger partial charge is 0.390 e. The average Bonchev–Trinajstić information content (AvgIpc) is 3.05. The van der Waals surface area contributed by atoms with Gasteiger partial charge in [-0.15, -0.1) is 6.58 Å². The molecule has 0 aromatic heterocycles. The topological polar surface area (TPSA) is 58.9 Å². The first-order chi connectivity index (χ1) is 20.4. The molecule has 42 heavy (non-hydrogen) atoms. The zero-order chi connectivity index (χ0) is 29.2. The molecule has 0 aliphatic carbocycles. The van der Waals surface area contributed by atoms with Gasteiger partial charge in [0.2, 0.25) is 0 Å². The van der Waals surface area contributed by atoms with Gasteiger partial charge >= 0.3 is 25.7 Å². The van der Waals surface area contributed by atoms with Crippen LogP contribution in [0.3, 0.4) is 0 Å². The largest absolute Gasteiger partial charge is 0.408 e. The van der Waals surface area contributed by atoms with Crippen LogP contribution in [0.4, 0.5) is 0 Å². The van der Waals surface area contributed by atoms with Crippen LogP contribution in [0.5, 0.6) is 0 Å². The average molecular weight is 601 g/mol. The third-order valence-corrected chi connectivity index (χ3v) is 18.1. The van der Waals surface area contributed by atoms with E-state index in [9.17, 15) is 9.59 Å². The summed E-state index contributed by atoms with van der Waals surface area (Å²) < 4.78 is 14.3. The maximum Gasteiger partial charge on any atom is 0.390 e. The highest BCUT2D eigenvalue weighted by Gasteiger charge is 2.54. The van der Waals surface area contributed by atoms with Crippen molar-refractivity contribution >= 4 is 68.0 Å². The van der Waals surface area contributed by atoms with Gasteiger partial charge in [-0.25, -0.2) is 0 Å². The monoisotopic (exact) mass is 600 g/mol. The molecule has 0 saturated heterocycles. The van der Waals surface area contributed by atoms with Gasteiger partial charge in [-0.05, 0) is 55.4 Å². The van der Waals surface area contributed by atoms with Gasteiger partial charge in [-0.1, -0.05) is 140 Å². The summed E-state index contributed by atoms with van der Waals surface area (Å²) in [5.41, 5.74) is 1.53. The van der Waals surface area contributed by atoms with Crippen LogP contribution in [0, 0.1) is 0 Å². The van der Waals surface area contributed by atoms with Crippen LogP contribution in [-0.2, 0) is 8.23 Å². The lowest BCUT2D eigenvalue weighted by Crippen LogP contribution is -2.74. The minimum absolute atomic E-state index is 0.657. The van der Waals surface area contributed by atoms with Crippen LogP contribution >= 0.6 is 0 Å². The first-order valence-corrected chi connectivity index (χ1v) is 20.0. The standard InChI is InChI=1S/C35H32O4Si3/c1-3-41(37,29-18-7-4-8-19-29)39-42(30-20-9-5-10-21-30,31-22-11-6-12-23-31)38-40(2,36)35-27-28-17-13-14-24-32(28)33-25-15-16-26-34(33)35/h3-27,36-37H,1H2,2H3. The predicted octanol–water partition coefficient (Wildman–Crippen LogP) is 4.62. The third-order valence-electron chi connectivity index (χ3n) is 7.68. The molecule has 0 aliphatic rings. The normalized spacial score (nSPS) is 14.7. The van der Waals surface area contributed by atoms with Crippen LogP contribution in [0.1, 0.15) is 0 Å². The fraction of sp³-hybridized carbons (Fsp3) is 0.0286. The van der Waals surface area contributed by atoms with Crippen molar-refractivity contribution in [3.05, 3.63) is 158 Å². The molecule has 0 heterocycles. The Morgan fingerprint density at radius 1 is 0.548 bits per heavy atom. The molecule has 2 N–H and O–H groups in total. The molecule has 0 bridgehead atoms. The number of fused-ring (bicyclic) bond motifs is 3. The molecule has 6 aromatic rings. The molecule has 6 rings (SSSR count). The molecule has 2 atom stereocenters. The van der Waals surface area contributed by atoms with Crippen LogP contribution in [-0.4, -0.2) is 35.3 Å². The van der Waals surface area contributed by atoms with E-state index >= 15 is 0 Å². The highest BCUT2D eigenvalue weighted by atomic mass is 28.5. The number of hydrogen-bond donors (Lipinski definition) is 2. The van der Waals surface area contributed by atoms with E-state index in [0.29, 0.717) is 5.19 Å². The second-order valence-corrected chi connectivity index (χ2v) is 19.4. The highest BCUT2D eigenvalue weighted by molar-refractivity contribution is 7.05. The second-order valence-electron chi connectivity index (χ2n) is 10.5. The Balaban J connectivity index is 1.61. The van der Waals surface area contributed by atoms with Crippen molar-refractivity contribution in [2.45, 2.75) is 6.55 Å². The Hall–Kier alpha value is -3.93. The first kappa shape index (κ1) is 28.2. The zero-order valence-corrected chi connectivity index (χ0v) is 26.4. The molecule has 2 unspecified atom stereocenters. The van der Waals surface area contributed by atoms with Crippen molar-refractivity contribution in [3.63, 3.8) is 0 Å². The van der Waals surface area contributed by atoms with Gasteiger partial charge in [-0.2, -0.15) is 0 Å². The van der Waals surface area contributed by atoms with Crippen molar-refractivity contribution in [1.29, 1.82) is 0 Å². The first-order valence-electron chi connectivity index (χ1n) is 13.9. The lowest BCUT2D eigenvalue weighted by Gasteiger charge is -2.41. The van der Waals surface area contributed by atoms with Gasteiger partial charge in [0, 0.05) is 5.19 Å². The molecule has 0 spiro atoms. The summed E-state index contributed by atoms with van der Waals surface area (Å²) in [5, 5.41) is 7.13. The summed E-state index contributed by atoms with van der Waals surface area (Å²) >= 11 is 0. The Kier molecular flexibility index (Phi) is 7.65. The van der Waals surface area contributed by atoms with Crippen molar-refractivity contribution in [1.82, 2.24) is 0 Å². The van der Waals surface area contributed by atoms with Crippen LogP contribution in [0.25, 0.3) is 21.5 Å². The Bertz CT molecular complexity index is 1810. The summed E-state index contributed by atoms with van der Waals surface area (Å²) in [6.07, 6.45) is 0. The van der Waals surface area contributed by atoms with E-state index in [1.54, 1.807) is 6.55 Å². The van der Waals surface area contributed by atoms with Crippen LogP contribution in [0.2, 0.25) is 6.55 Å². The van der Waals surface area contributed by atoms with E-state index in [4.69, 9.17) is 8.23 Å². The molecular weight excluding hydrogens is 569 g/mol. The number of hydrogen-bond acceptors (Lipinski definition) is 4. The summed E-state index contributed by atoms with van der Waals surface area (Å²) in [6.45, 7) is 5.82. The zero-order valence-electron chi connectivity index (χ0n) is 23.4. The quantitative estimate of drug-likeness (QED) is 0.188. The number of rotatable bonds is 9. The fourth-order valence-corrected chi connectivity index (χ4v) is 16.9. The lowest BCUT2D eigenvalue weighted by molar-refractivity contribution is 0.316. The summed E-state index contributed by atoms with van der Waals surface area (Å²) in [7, 11) is -11.4. The minimum atomic E-state index is -3.81. The SMILES string of the molecule is C=C[Si](O)(O[Si](O[Si](C)(O)c1cc2ccccc2c2ccccc12)(c1ccccc1)c1ccccc1)c1ccccc1. The minimum Gasteiger partial charge on any atom is -0.408 e. The van der Waals surface area contributed by atoms with Crippen molar-refractivity contribution in [2.24, 2.45) is 0 Å². The molecule has 0 aliphatic heterocycles. The van der Waals surface area contributed by atoms with Gasteiger partial charge in [0.15, 0.2) is 0 Å². The Labute approximate surface area is 249 Å². The van der Waals surface area contributed by atoms with Gasteiger partial charge in [-0.3, -0.25) is 0 Å². The molecule has 0 radical (unpaired) electrons. The predicted molar refractivity (Wildman–Crippen MR) is 179 cm³/mol. The van der Waals surface area contributed by atoms with Gasteiger partial charge in [0.1, 0.15) is 0 Å². The van der Waals surface area contributed by atoms with Crippen molar-refractivity contribution in [3.8, 4) is 0 Å². The molecule has 4 nitrogen and oxygen atoms in total. The third kappa shape index (κ3) is 5.12. The Morgan fingerprint density at radius 2 is 1.00 bits per heavy atom. The van der Waals surface area contributed by atoms with Gasteiger partial charge in [0.05, 0.1) is 0 Å². The number of benzene rings is 6. The summed E-state index contributed by atoms with van der Waals surface area (Å²) in [6, 6.07) is 47.2. The molecule has 7 heteroatoms. The van der Waals surface area contributed by atoms with E-state index < -0.39 is 25.7 Å². The molecule has 0 amide bonds. The molecule has 0 fully saturated rings. The summed E-state index contributed by atoms with van der Waals surface area (Å²) in [4.78, 5) is 24.8. The van der Waals surface area contributed by atoms with Gasteiger partial charge < -0.3 is 17.8 Å². The van der Waals surface area contributed by atoms with E-state index in [-0.39, 0.29) is 0 Å². The molecule has 6 aromatic carbocycles. The summed E-state index contributed by atoms with van der Waals surface area (Å²) in [5.74, 6) is 0. The Morgan fingerprint density at radius 3 is 1.55 bits per heavy atom.